The van der Waals surface area contributed by atoms with Crippen LogP contribution < -0.4 is 5.56 Å². The Morgan fingerprint density at radius 1 is 1.33 bits per heavy atom. The Morgan fingerprint density at radius 2 is 2.06 bits per heavy atom. The van der Waals surface area contributed by atoms with Gasteiger partial charge in [-0.05, 0) is 36.8 Å². The van der Waals surface area contributed by atoms with Crippen LogP contribution in [0.1, 0.15) is 16.1 Å². The predicted octanol–water partition coefficient (Wildman–Crippen LogP) is 2.00. The largest absolute Gasteiger partial charge is 0.476 e. The molecule has 0 radical (unpaired) electrons. The first-order valence-electron chi connectivity index (χ1n) is 5.09. The Balaban J connectivity index is 2.66. The standard InChI is InChI=1S/C12H9BrN2O3/c1-7-6-8(13)2-4-10(7)15-11(16)5-3-9(14-15)12(17)18/h2-6H,1H3,(H,17,18). The molecule has 92 valence electrons. The number of halogens is 1. The average molecular weight is 309 g/mol. The Hall–Kier alpha value is -1.95. The summed E-state index contributed by atoms with van der Waals surface area (Å²) in [5, 5.41) is 12.7. The monoisotopic (exact) mass is 308 g/mol. The lowest BCUT2D eigenvalue weighted by atomic mass is 10.2. The number of hydrogen-bond acceptors (Lipinski definition) is 3. The van der Waals surface area contributed by atoms with Crippen molar-refractivity contribution in [3.63, 3.8) is 0 Å². The number of benzene rings is 1. The van der Waals surface area contributed by atoms with Crippen molar-refractivity contribution < 1.29 is 9.90 Å². The summed E-state index contributed by atoms with van der Waals surface area (Å²) in [5.74, 6) is -1.17. The number of carboxylic acids is 1. The number of rotatable bonds is 2. The van der Waals surface area contributed by atoms with Crippen molar-refractivity contribution in [2.75, 3.05) is 0 Å². The first-order chi connectivity index (χ1) is 8.49. The highest BCUT2D eigenvalue weighted by molar-refractivity contribution is 9.10. The van der Waals surface area contributed by atoms with Crippen molar-refractivity contribution in [3.05, 3.63) is 56.4 Å². The molecule has 1 N–H and O–H groups in total. The Morgan fingerprint density at radius 3 is 2.67 bits per heavy atom. The van der Waals surface area contributed by atoms with E-state index in [4.69, 9.17) is 5.11 Å². The molecule has 18 heavy (non-hydrogen) atoms. The van der Waals surface area contributed by atoms with E-state index in [1.807, 2.05) is 13.0 Å². The van der Waals surface area contributed by atoms with E-state index in [0.29, 0.717) is 5.69 Å². The van der Waals surface area contributed by atoms with Crippen LogP contribution in [-0.4, -0.2) is 20.9 Å². The molecule has 0 unspecified atom stereocenters. The van der Waals surface area contributed by atoms with E-state index in [1.165, 1.54) is 12.1 Å². The Labute approximate surface area is 111 Å². The van der Waals surface area contributed by atoms with Crippen LogP contribution in [0.4, 0.5) is 0 Å². The molecule has 0 aliphatic rings. The molecule has 1 aromatic heterocycles. The molecule has 1 aromatic carbocycles. The lowest BCUT2D eigenvalue weighted by Crippen LogP contribution is -2.23. The van der Waals surface area contributed by atoms with Crippen LogP contribution in [0.15, 0.2) is 39.6 Å². The van der Waals surface area contributed by atoms with Crippen LogP contribution in [0.2, 0.25) is 0 Å². The Kier molecular flexibility index (Phi) is 3.29. The second kappa shape index (κ2) is 4.73. The van der Waals surface area contributed by atoms with Gasteiger partial charge in [0.25, 0.3) is 5.56 Å². The van der Waals surface area contributed by atoms with Crippen LogP contribution in [0.3, 0.4) is 0 Å². The summed E-state index contributed by atoms with van der Waals surface area (Å²) in [6, 6.07) is 7.69. The van der Waals surface area contributed by atoms with Crippen molar-refractivity contribution in [1.82, 2.24) is 9.78 Å². The zero-order valence-electron chi connectivity index (χ0n) is 9.42. The predicted molar refractivity (Wildman–Crippen MR) is 69.2 cm³/mol. The van der Waals surface area contributed by atoms with Gasteiger partial charge in [0.1, 0.15) is 0 Å². The highest BCUT2D eigenvalue weighted by atomic mass is 79.9. The van der Waals surface area contributed by atoms with Crippen LogP contribution >= 0.6 is 15.9 Å². The van der Waals surface area contributed by atoms with Gasteiger partial charge in [0.15, 0.2) is 5.69 Å². The fraction of sp³-hybridized carbons (Fsp3) is 0.0833. The molecule has 0 saturated heterocycles. The molecule has 2 rings (SSSR count). The molecule has 0 aliphatic heterocycles. The molecular weight excluding hydrogens is 300 g/mol. The number of aromatic nitrogens is 2. The number of nitrogens with zero attached hydrogens (tertiary/aromatic N) is 2. The molecule has 0 atom stereocenters. The Bertz CT molecular complexity index is 679. The van der Waals surface area contributed by atoms with E-state index in [-0.39, 0.29) is 11.3 Å². The second-order valence-corrected chi connectivity index (χ2v) is 4.62. The molecule has 5 nitrogen and oxygen atoms in total. The minimum atomic E-state index is -1.17. The van der Waals surface area contributed by atoms with Gasteiger partial charge in [-0.15, -0.1) is 0 Å². The number of carboxylic acid groups (broad SMARTS) is 1. The van der Waals surface area contributed by atoms with Crippen LogP contribution in [0, 0.1) is 6.92 Å². The van der Waals surface area contributed by atoms with Gasteiger partial charge >= 0.3 is 5.97 Å². The lowest BCUT2D eigenvalue weighted by molar-refractivity contribution is 0.0688. The zero-order chi connectivity index (χ0) is 13.3. The maximum atomic E-state index is 11.7. The lowest BCUT2D eigenvalue weighted by Gasteiger charge is -2.08. The van der Waals surface area contributed by atoms with E-state index in [2.05, 4.69) is 21.0 Å². The van der Waals surface area contributed by atoms with Crippen LogP contribution in [0.25, 0.3) is 5.69 Å². The van der Waals surface area contributed by atoms with E-state index in [0.717, 1.165) is 14.7 Å². The van der Waals surface area contributed by atoms with E-state index < -0.39 is 5.97 Å². The molecule has 0 bridgehead atoms. The minimum Gasteiger partial charge on any atom is -0.476 e. The molecule has 2 aromatic rings. The van der Waals surface area contributed by atoms with Gasteiger partial charge in [-0.2, -0.15) is 9.78 Å². The van der Waals surface area contributed by atoms with Crippen molar-refractivity contribution in [1.29, 1.82) is 0 Å². The number of hydrogen-bond donors (Lipinski definition) is 1. The van der Waals surface area contributed by atoms with E-state index >= 15 is 0 Å². The van der Waals surface area contributed by atoms with Crippen molar-refractivity contribution in [3.8, 4) is 5.69 Å². The first-order valence-corrected chi connectivity index (χ1v) is 5.88. The maximum absolute atomic E-state index is 11.7. The summed E-state index contributed by atoms with van der Waals surface area (Å²) in [5.41, 5.74) is 0.843. The third-order valence-corrected chi connectivity index (χ3v) is 2.90. The normalized spacial score (nSPS) is 10.3. The first kappa shape index (κ1) is 12.5. The van der Waals surface area contributed by atoms with Gasteiger partial charge in [-0.3, -0.25) is 4.79 Å². The molecular formula is C12H9BrN2O3. The maximum Gasteiger partial charge on any atom is 0.356 e. The second-order valence-electron chi connectivity index (χ2n) is 3.70. The van der Waals surface area contributed by atoms with Crippen molar-refractivity contribution >= 4 is 21.9 Å². The summed E-state index contributed by atoms with van der Waals surface area (Å²) in [7, 11) is 0. The number of carbonyl (C=O) groups is 1. The fourth-order valence-corrected chi connectivity index (χ4v) is 2.03. The van der Waals surface area contributed by atoms with E-state index in [1.54, 1.807) is 12.1 Å². The van der Waals surface area contributed by atoms with Crippen molar-refractivity contribution in [2.45, 2.75) is 6.92 Å². The zero-order valence-corrected chi connectivity index (χ0v) is 11.0. The number of aromatic carboxylic acids is 1. The molecule has 1 heterocycles. The molecule has 0 saturated carbocycles. The summed E-state index contributed by atoms with van der Waals surface area (Å²) >= 11 is 3.32. The van der Waals surface area contributed by atoms with Crippen LogP contribution in [-0.2, 0) is 0 Å². The van der Waals surface area contributed by atoms with Gasteiger partial charge in [-0.25, -0.2) is 4.79 Å². The highest BCUT2D eigenvalue weighted by Crippen LogP contribution is 2.17. The minimum absolute atomic E-state index is 0.170. The molecule has 0 spiro atoms. The van der Waals surface area contributed by atoms with E-state index in [9.17, 15) is 9.59 Å². The fourth-order valence-electron chi connectivity index (χ4n) is 1.55. The van der Waals surface area contributed by atoms with Gasteiger partial charge in [0.05, 0.1) is 5.69 Å². The molecule has 6 heteroatoms. The highest BCUT2D eigenvalue weighted by Gasteiger charge is 2.10. The molecule has 0 fully saturated rings. The topological polar surface area (TPSA) is 72.2 Å². The third kappa shape index (κ3) is 2.33. The van der Waals surface area contributed by atoms with Gasteiger partial charge in [-0.1, -0.05) is 15.9 Å². The van der Waals surface area contributed by atoms with Gasteiger partial charge < -0.3 is 5.11 Å². The molecule has 0 aliphatic carbocycles. The molecule has 0 amide bonds. The van der Waals surface area contributed by atoms with Crippen LogP contribution in [0.5, 0.6) is 0 Å². The summed E-state index contributed by atoms with van der Waals surface area (Å²) in [6.45, 7) is 1.82. The van der Waals surface area contributed by atoms with Gasteiger partial charge in [0.2, 0.25) is 0 Å². The van der Waals surface area contributed by atoms with Gasteiger partial charge in [0, 0.05) is 10.5 Å². The quantitative estimate of drug-likeness (QED) is 0.921. The number of aryl methyl sites for hydroxylation is 1. The SMILES string of the molecule is Cc1cc(Br)ccc1-n1nc(C(=O)O)ccc1=O. The summed E-state index contributed by atoms with van der Waals surface area (Å²) < 4.78 is 1.97. The summed E-state index contributed by atoms with van der Waals surface area (Å²) in [4.78, 5) is 22.6. The summed E-state index contributed by atoms with van der Waals surface area (Å²) in [6.07, 6.45) is 0. The van der Waals surface area contributed by atoms with Crippen molar-refractivity contribution in [2.24, 2.45) is 0 Å². The smallest absolute Gasteiger partial charge is 0.356 e. The third-order valence-electron chi connectivity index (χ3n) is 2.41. The average Bonchev–Trinajstić information content (AvgIpc) is 2.30.